The van der Waals surface area contributed by atoms with Gasteiger partial charge in [-0.25, -0.2) is 0 Å². The average Bonchev–Trinajstić information content (AvgIpc) is 2.43. The van der Waals surface area contributed by atoms with Crippen LogP contribution in [0.1, 0.15) is 16.5 Å². The van der Waals surface area contributed by atoms with Crippen LogP contribution in [-0.2, 0) is 0 Å². The predicted octanol–water partition coefficient (Wildman–Crippen LogP) is 6.75. The van der Waals surface area contributed by atoms with Crippen LogP contribution in [0.5, 0.6) is 5.75 Å². The standard InChI is InChI=1S/C14H9BrCl4O/c1-20-13-6-11(17)8(5-12(13)18)14(19)7-2-3-10(16)9(15)4-7/h2-6,14H,1H3. The number of ether oxygens (including phenoxy) is 1. The average molecular weight is 415 g/mol. The monoisotopic (exact) mass is 412 g/mol. The van der Waals surface area contributed by atoms with Crippen LogP contribution in [0.4, 0.5) is 0 Å². The topological polar surface area (TPSA) is 9.23 Å². The minimum atomic E-state index is -0.431. The number of hydrogen-bond donors (Lipinski definition) is 0. The van der Waals surface area contributed by atoms with Crippen molar-refractivity contribution in [3.8, 4) is 5.75 Å². The summed E-state index contributed by atoms with van der Waals surface area (Å²) in [6.07, 6.45) is 0. The summed E-state index contributed by atoms with van der Waals surface area (Å²) in [6.45, 7) is 0. The Bertz CT molecular complexity index is 645. The Morgan fingerprint density at radius 3 is 2.30 bits per heavy atom. The van der Waals surface area contributed by atoms with Crippen molar-refractivity contribution in [3.63, 3.8) is 0 Å². The van der Waals surface area contributed by atoms with E-state index in [0.717, 1.165) is 10.0 Å². The molecule has 1 atom stereocenters. The molecule has 0 aliphatic heterocycles. The fourth-order valence-electron chi connectivity index (χ4n) is 1.74. The molecule has 1 nitrogen and oxygen atoms in total. The van der Waals surface area contributed by atoms with E-state index in [0.29, 0.717) is 26.4 Å². The normalized spacial score (nSPS) is 12.3. The van der Waals surface area contributed by atoms with Crippen LogP contribution in [0.3, 0.4) is 0 Å². The number of alkyl halides is 1. The molecule has 2 aromatic carbocycles. The second-order valence-corrected chi connectivity index (χ2v) is 6.56. The molecule has 20 heavy (non-hydrogen) atoms. The summed E-state index contributed by atoms with van der Waals surface area (Å²) in [5, 5.41) is 1.15. The highest BCUT2D eigenvalue weighted by Gasteiger charge is 2.18. The molecule has 0 saturated heterocycles. The van der Waals surface area contributed by atoms with Crippen LogP contribution in [-0.4, -0.2) is 7.11 Å². The summed E-state index contributed by atoms with van der Waals surface area (Å²) in [4.78, 5) is 0. The van der Waals surface area contributed by atoms with Crippen molar-refractivity contribution >= 4 is 62.3 Å². The molecule has 0 N–H and O–H groups in total. The van der Waals surface area contributed by atoms with Gasteiger partial charge in [0, 0.05) is 15.6 Å². The molecular formula is C14H9BrCl4O. The second-order valence-electron chi connectivity index (χ2n) is 4.04. The summed E-state index contributed by atoms with van der Waals surface area (Å²) in [7, 11) is 1.53. The number of halogens is 5. The van der Waals surface area contributed by atoms with E-state index in [4.69, 9.17) is 51.1 Å². The molecule has 0 aliphatic carbocycles. The first-order valence-corrected chi connectivity index (χ1v) is 7.92. The van der Waals surface area contributed by atoms with Gasteiger partial charge in [-0.3, -0.25) is 0 Å². The van der Waals surface area contributed by atoms with Gasteiger partial charge in [-0.15, -0.1) is 11.6 Å². The fourth-order valence-corrected chi connectivity index (χ4v) is 3.14. The van der Waals surface area contributed by atoms with Gasteiger partial charge in [0.2, 0.25) is 0 Å². The minimum Gasteiger partial charge on any atom is -0.495 e. The third-order valence-electron chi connectivity index (χ3n) is 2.78. The van der Waals surface area contributed by atoms with Crippen molar-refractivity contribution in [2.24, 2.45) is 0 Å². The third kappa shape index (κ3) is 3.37. The summed E-state index contributed by atoms with van der Waals surface area (Å²) < 4.78 is 5.89. The zero-order chi connectivity index (χ0) is 14.9. The molecule has 0 aliphatic rings. The van der Waals surface area contributed by atoms with Gasteiger partial charge in [-0.05, 0) is 45.3 Å². The van der Waals surface area contributed by atoms with Crippen LogP contribution >= 0.6 is 62.3 Å². The summed E-state index contributed by atoms with van der Waals surface area (Å²) in [5.74, 6) is 0.515. The van der Waals surface area contributed by atoms with Crippen LogP contribution in [0, 0.1) is 0 Å². The van der Waals surface area contributed by atoms with Crippen molar-refractivity contribution in [2.75, 3.05) is 7.11 Å². The molecule has 6 heteroatoms. The van der Waals surface area contributed by atoms with E-state index in [9.17, 15) is 0 Å². The Balaban J connectivity index is 2.45. The van der Waals surface area contributed by atoms with E-state index in [1.807, 2.05) is 12.1 Å². The van der Waals surface area contributed by atoms with E-state index in [1.54, 1.807) is 18.2 Å². The highest BCUT2D eigenvalue weighted by atomic mass is 79.9. The molecule has 0 radical (unpaired) electrons. The fraction of sp³-hybridized carbons (Fsp3) is 0.143. The molecule has 2 rings (SSSR count). The first kappa shape index (κ1) is 16.3. The molecule has 0 saturated carbocycles. The number of benzene rings is 2. The van der Waals surface area contributed by atoms with Gasteiger partial charge in [0.15, 0.2) is 0 Å². The zero-order valence-electron chi connectivity index (χ0n) is 10.3. The molecular weight excluding hydrogens is 406 g/mol. The Morgan fingerprint density at radius 2 is 1.70 bits per heavy atom. The largest absolute Gasteiger partial charge is 0.495 e. The maximum atomic E-state index is 6.48. The lowest BCUT2D eigenvalue weighted by Crippen LogP contribution is -1.96. The van der Waals surface area contributed by atoms with Crippen molar-refractivity contribution < 1.29 is 4.74 Å². The maximum Gasteiger partial charge on any atom is 0.138 e. The molecule has 2 aromatic rings. The van der Waals surface area contributed by atoms with Gasteiger partial charge in [0.05, 0.1) is 22.5 Å². The lowest BCUT2D eigenvalue weighted by molar-refractivity contribution is 0.415. The molecule has 0 amide bonds. The van der Waals surface area contributed by atoms with E-state index >= 15 is 0 Å². The minimum absolute atomic E-state index is 0.431. The molecule has 0 aromatic heterocycles. The van der Waals surface area contributed by atoms with E-state index in [-0.39, 0.29) is 0 Å². The van der Waals surface area contributed by atoms with Gasteiger partial charge < -0.3 is 4.74 Å². The van der Waals surface area contributed by atoms with Gasteiger partial charge in [-0.1, -0.05) is 40.9 Å². The van der Waals surface area contributed by atoms with Crippen LogP contribution in [0.25, 0.3) is 0 Å². The Morgan fingerprint density at radius 1 is 1.00 bits per heavy atom. The lowest BCUT2D eigenvalue weighted by Gasteiger charge is -2.15. The smallest absolute Gasteiger partial charge is 0.138 e. The SMILES string of the molecule is COc1cc(Cl)c(C(Cl)c2ccc(Cl)c(Br)c2)cc1Cl. The molecule has 106 valence electrons. The molecule has 1 unspecified atom stereocenters. The molecule has 0 fully saturated rings. The zero-order valence-corrected chi connectivity index (χ0v) is 14.9. The number of hydrogen-bond acceptors (Lipinski definition) is 1. The summed E-state index contributed by atoms with van der Waals surface area (Å²) in [5.41, 5.74) is 1.58. The lowest BCUT2D eigenvalue weighted by atomic mass is 10.0. The first-order valence-electron chi connectivity index (χ1n) is 5.56. The Hall–Kier alpha value is -0.120. The highest BCUT2D eigenvalue weighted by molar-refractivity contribution is 9.10. The van der Waals surface area contributed by atoms with Crippen molar-refractivity contribution in [1.29, 1.82) is 0 Å². The van der Waals surface area contributed by atoms with Crippen molar-refractivity contribution in [3.05, 3.63) is 61.0 Å². The first-order chi connectivity index (χ1) is 9.43. The molecule has 0 spiro atoms. The van der Waals surface area contributed by atoms with Gasteiger partial charge >= 0.3 is 0 Å². The summed E-state index contributed by atoms with van der Waals surface area (Å²) >= 11 is 28.2. The molecule has 0 bridgehead atoms. The van der Waals surface area contributed by atoms with Crippen LogP contribution in [0.15, 0.2) is 34.8 Å². The van der Waals surface area contributed by atoms with Crippen LogP contribution in [0.2, 0.25) is 15.1 Å². The second kappa shape index (κ2) is 6.76. The Kier molecular flexibility index (Phi) is 5.49. The van der Waals surface area contributed by atoms with Crippen molar-refractivity contribution in [2.45, 2.75) is 5.38 Å². The van der Waals surface area contributed by atoms with Gasteiger partial charge in [0.1, 0.15) is 5.75 Å². The highest BCUT2D eigenvalue weighted by Crippen LogP contribution is 2.40. The quantitative estimate of drug-likeness (QED) is 0.505. The van der Waals surface area contributed by atoms with Crippen molar-refractivity contribution in [1.82, 2.24) is 0 Å². The molecule has 0 heterocycles. The van der Waals surface area contributed by atoms with Crippen LogP contribution < -0.4 is 4.74 Å². The predicted molar refractivity (Wildman–Crippen MR) is 89.9 cm³/mol. The van der Waals surface area contributed by atoms with Gasteiger partial charge in [-0.2, -0.15) is 0 Å². The number of methoxy groups -OCH3 is 1. The number of rotatable bonds is 3. The van der Waals surface area contributed by atoms with E-state index in [2.05, 4.69) is 15.9 Å². The maximum absolute atomic E-state index is 6.48. The summed E-state index contributed by atoms with van der Waals surface area (Å²) in [6, 6.07) is 8.84. The third-order valence-corrected chi connectivity index (χ3v) is 5.10. The van der Waals surface area contributed by atoms with E-state index in [1.165, 1.54) is 7.11 Å². The van der Waals surface area contributed by atoms with Gasteiger partial charge in [0.25, 0.3) is 0 Å². The van der Waals surface area contributed by atoms with E-state index < -0.39 is 5.38 Å². The Labute approximate surface area is 145 Å².